The number of carbonyl (C=O) groups excluding carboxylic acids is 1. The van der Waals surface area contributed by atoms with Gasteiger partial charge in [0.25, 0.3) is 20.2 Å². The van der Waals surface area contributed by atoms with E-state index in [1.807, 2.05) is 19.9 Å². The Bertz CT molecular complexity index is 1630. The second-order valence-corrected chi connectivity index (χ2v) is 11.9. The Kier molecular flexibility index (Phi) is 10.3. The minimum Gasteiger partial charge on any atom is -0.487 e. The van der Waals surface area contributed by atoms with Crippen LogP contribution in [0, 0.1) is 0 Å². The largest absolute Gasteiger partial charge is 0.487 e. The van der Waals surface area contributed by atoms with E-state index in [0.717, 1.165) is 31.3 Å². The Morgan fingerprint density at radius 1 is 0.800 bits per heavy atom. The summed E-state index contributed by atoms with van der Waals surface area (Å²) in [7, 11) is -7.37. The van der Waals surface area contributed by atoms with E-state index >= 15 is 0 Å². The molecule has 12 nitrogen and oxygen atoms in total. The van der Waals surface area contributed by atoms with Crippen molar-refractivity contribution in [3.05, 3.63) is 64.0 Å². The Morgan fingerprint density at radius 3 is 1.98 bits per heavy atom. The topological polar surface area (TPSA) is 156 Å². The summed E-state index contributed by atoms with van der Waals surface area (Å²) < 4.78 is 70.7. The van der Waals surface area contributed by atoms with E-state index in [9.17, 15) is 26.4 Å². The molecule has 0 radical (unpaired) electrons. The van der Waals surface area contributed by atoms with Crippen molar-refractivity contribution in [2.45, 2.75) is 13.8 Å². The van der Waals surface area contributed by atoms with Crippen LogP contribution in [0.1, 0.15) is 29.8 Å². The summed E-state index contributed by atoms with van der Waals surface area (Å²) in [5, 5.41) is 0.569. The Labute approximate surface area is 232 Å². The van der Waals surface area contributed by atoms with Crippen LogP contribution in [0.3, 0.4) is 0 Å². The van der Waals surface area contributed by atoms with Gasteiger partial charge in [-0.1, -0.05) is 0 Å². The lowest BCUT2D eigenvalue weighted by Crippen LogP contribution is -2.21. The molecule has 0 spiro atoms. The first-order valence-electron chi connectivity index (χ1n) is 12.3. The summed E-state index contributed by atoms with van der Waals surface area (Å²) in [4.78, 5) is 28.2. The first-order chi connectivity index (χ1) is 18.8. The molecule has 14 heteroatoms. The van der Waals surface area contributed by atoms with Gasteiger partial charge in [0.15, 0.2) is 11.5 Å². The molecule has 0 N–H and O–H groups in total. The molecule has 0 aliphatic rings. The highest BCUT2D eigenvalue weighted by Gasteiger charge is 2.19. The molecule has 0 saturated heterocycles. The highest BCUT2D eigenvalue weighted by molar-refractivity contribution is 7.86. The van der Waals surface area contributed by atoms with E-state index in [2.05, 4.69) is 13.3 Å². The average Bonchev–Trinajstić information content (AvgIpc) is 2.88. The van der Waals surface area contributed by atoms with Crippen LogP contribution in [0.2, 0.25) is 0 Å². The molecule has 0 saturated carbocycles. The van der Waals surface area contributed by atoms with Gasteiger partial charge in [0, 0.05) is 35.8 Å². The highest BCUT2D eigenvalue weighted by Crippen LogP contribution is 2.30. The minimum atomic E-state index is -3.70. The summed E-state index contributed by atoms with van der Waals surface area (Å²) >= 11 is 0. The van der Waals surface area contributed by atoms with Crippen LogP contribution in [-0.4, -0.2) is 74.6 Å². The molecule has 0 fully saturated rings. The van der Waals surface area contributed by atoms with Gasteiger partial charge in [-0.25, -0.2) is 4.79 Å². The zero-order valence-electron chi connectivity index (χ0n) is 22.5. The molecular weight excluding hydrogens is 566 g/mol. The molecule has 1 heterocycles. The van der Waals surface area contributed by atoms with Gasteiger partial charge in [-0.15, -0.1) is 0 Å². The molecule has 0 aliphatic heterocycles. The molecule has 218 valence electrons. The number of benzene rings is 2. The third-order valence-corrected chi connectivity index (χ3v) is 6.76. The van der Waals surface area contributed by atoms with Crippen molar-refractivity contribution < 1.29 is 43.9 Å². The van der Waals surface area contributed by atoms with Crippen LogP contribution in [-0.2, 0) is 28.6 Å². The van der Waals surface area contributed by atoms with Gasteiger partial charge >= 0.3 is 5.63 Å². The van der Waals surface area contributed by atoms with Crippen molar-refractivity contribution in [2.24, 2.45) is 0 Å². The molecular formula is C26H31NO11S2. The lowest BCUT2D eigenvalue weighted by molar-refractivity contribution is 0.103. The van der Waals surface area contributed by atoms with Crippen LogP contribution in [0.5, 0.6) is 11.5 Å². The molecule has 40 heavy (non-hydrogen) atoms. The van der Waals surface area contributed by atoms with Crippen molar-refractivity contribution in [1.29, 1.82) is 0 Å². The highest BCUT2D eigenvalue weighted by atomic mass is 32.2. The number of nitrogens with zero attached hydrogens (tertiary/aromatic N) is 1. The number of anilines is 1. The quantitative estimate of drug-likeness (QED) is 0.109. The van der Waals surface area contributed by atoms with E-state index in [0.29, 0.717) is 11.0 Å². The second kappa shape index (κ2) is 13.3. The van der Waals surface area contributed by atoms with Crippen molar-refractivity contribution in [3.63, 3.8) is 0 Å². The molecule has 0 bridgehead atoms. The van der Waals surface area contributed by atoms with Crippen molar-refractivity contribution in [2.75, 3.05) is 56.9 Å². The van der Waals surface area contributed by atoms with Crippen LogP contribution in [0.25, 0.3) is 11.0 Å². The summed E-state index contributed by atoms with van der Waals surface area (Å²) in [6.07, 6.45) is 1.79. The summed E-state index contributed by atoms with van der Waals surface area (Å²) in [6.45, 7) is 4.62. The fourth-order valence-corrected chi connectivity index (χ4v) is 4.50. The number of carbonyl (C=O) groups is 1. The fraction of sp³-hybridized carbons (Fsp3) is 0.385. The fourth-order valence-electron chi connectivity index (χ4n) is 3.75. The first-order valence-corrected chi connectivity index (χ1v) is 15.9. The number of fused-ring (bicyclic) bond motifs is 1. The Hall–Kier alpha value is -3.46. The number of ether oxygens (including phenoxy) is 2. The zero-order valence-corrected chi connectivity index (χ0v) is 24.2. The maximum atomic E-state index is 13.3. The van der Waals surface area contributed by atoms with Gasteiger partial charge in [0.05, 0.1) is 12.5 Å². The van der Waals surface area contributed by atoms with Crippen LogP contribution in [0.15, 0.2) is 51.7 Å². The lowest BCUT2D eigenvalue weighted by atomic mass is 10.0. The lowest BCUT2D eigenvalue weighted by Gasteiger charge is -2.21. The van der Waals surface area contributed by atoms with E-state index in [1.54, 1.807) is 12.1 Å². The van der Waals surface area contributed by atoms with E-state index in [1.165, 1.54) is 24.3 Å². The third-order valence-electron chi connectivity index (χ3n) is 5.58. The molecule has 0 aliphatic carbocycles. The normalized spacial score (nSPS) is 11.9. The average molecular weight is 598 g/mol. The van der Waals surface area contributed by atoms with E-state index in [-0.39, 0.29) is 49.1 Å². The Balaban J connectivity index is 1.88. The molecule has 0 atom stereocenters. The summed E-state index contributed by atoms with van der Waals surface area (Å²) in [5.41, 5.74) is 0.311. The number of hydrogen-bond donors (Lipinski definition) is 0. The van der Waals surface area contributed by atoms with E-state index in [4.69, 9.17) is 13.9 Å². The predicted octanol–water partition coefficient (Wildman–Crippen LogP) is 2.58. The SMILES string of the molecule is CCN(CC)c1ccc2cc(C(=O)c3ccc(OCCOS(C)(=O)=O)c(OCCOS(C)(=O)=O)c3)c(=O)oc2c1. The molecule has 3 aromatic rings. The monoisotopic (exact) mass is 597 g/mol. The third kappa shape index (κ3) is 8.78. The van der Waals surface area contributed by atoms with Gasteiger partial charge in [-0.05, 0) is 50.2 Å². The maximum absolute atomic E-state index is 13.3. The predicted molar refractivity (Wildman–Crippen MR) is 149 cm³/mol. The van der Waals surface area contributed by atoms with Gasteiger partial charge in [0.1, 0.15) is 37.6 Å². The van der Waals surface area contributed by atoms with Gasteiger partial charge in [0.2, 0.25) is 5.78 Å². The number of hydrogen-bond acceptors (Lipinski definition) is 12. The van der Waals surface area contributed by atoms with Crippen LogP contribution < -0.4 is 20.0 Å². The van der Waals surface area contributed by atoms with Crippen LogP contribution >= 0.6 is 0 Å². The first kappa shape index (κ1) is 31.1. The van der Waals surface area contributed by atoms with Gasteiger partial charge < -0.3 is 18.8 Å². The van der Waals surface area contributed by atoms with Gasteiger partial charge in [-0.3, -0.25) is 13.2 Å². The second-order valence-electron chi connectivity index (χ2n) is 8.58. The number of ketones is 1. The minimum absolute atomic E-state index is 0.0383. The zero-order chi connectivity index (χ0) is 29.5. The van der Waals surface area contributed by atoms with Gasteiger partial charge in [-0.2, -0.15) is 16.8 Å². The standard InChI is InChI=1S/C26H31NO11S2/c1-5-27(6-2)20-9-7-18-15-21(26(29)38-23(18)17-20)25(28)19-8-10-22(34-11-13-36-39(3,30)31)24(16-19)35-12-14-37-40(4,32)33/h7-10,15-17H,5-6,11-14H2,1-4H3. The Morgan fingerprint density at radius 2 is 1.40 bits per heavy atom. The van der Waals surface area contributed by atoms with Crippen molar-refractivity contribution in [1.82, 2.24) is 0 Å². The smallest absolute Gasteiger partial charge is 0.347 e. The van der Waals surface area contributed by atoms with E-state index < -0.39 is 31.6 Å². The molecule has 0 amide bonds. The van der Waals surface area contributed by atoms with Crippen LogP contribution in [0.4, 0.5) is 5.69 Å². The molecule has 2 aromatic carbocycles. The molecule has 0 unspecified atom stereocenters. The summed E-state index contributed by atoms with van der Waals surface area (Å²) in [5.74, 6) is -0.466. The summed E-state index contributed by atoms with van der Waals surface area (Å²) in [6, 6.07) is 11.0. The maximum Gasteiger partial charge on any atom is 0.347 e. The van der Waals surface area contributed by atoms with Crippen molar-refractivity contribution >= 4 is 42.7 Å². The molecule has 3 rings (SSSR count). The number of rotatable bonds is 15. The van der Waals surface area contributed by atoms with Crippen molar-refractivity contribution in [3.8, 4) is 11.5 Å². The molecule has 1 aromatic heterocycles.